The van der Waals surface area contributed by atoms with Crippen molar-refractivity contribution in [2.24, 2.45) is 0 Å². The molecule has 7 heteroatoms. The van der Waals surface area contributed by atoms with Crippen LogP contribution in [0.2, 0.25) is 0 Å². The summed E-state index contributed by atoms with van der Waals surface area (Å²) in [6.07, 6.45) is 0. The maximum absolute atomic E-state index is 12.6. The Morgan fingerprint density at radius 3 is 2.46 bits per heavy atom. The lowest BCUT2D eigenvalue weighted by Gasteiger charge is -2.08. The van der Waals surface area contributed by atoms with Gasteiger partial charge in [0, 0.05) is 10.9 Å². The molecule has 3 rings (SSSR count). The third-order valence-corrected chi connectivity index (χ3v) is 5.22. The van der Waals surface area contributed by atoms with Gasteiger partial charge in [0.05, 0.1) is 4.88 Å². The first kappa shape index (κ1) is 18.0. The van der Waals surface area contributed by atoms with Gasteiger partial charge in [0.2, 0.25) is 0 Å². The van der Waals surface area contributed by atoms with Crippen molar-refractivity contribution in [1.82, 2.24) is 0 Å². The fourth-order valence-corrected chi connectivity index (χ4v) is 3.87. The van der Waals surface area contributed by atoms with Crippen molar-refractivity contribution in [3.8, 4) is 11.1 Å². The number of thiophene rings is 2. The van der Waals surface area contributed by atoms with Gasteiger partial charge in [0.1, 0.15) is 17.2 Å². The molecule has 2 heterocycles. The van der Waals surface area contributed by atoms with Crippen LogP contribution in [0.5, 0.6) is 0 Å². The van der Waals surface area contributed by atoms with Crippen LogP contribution in [-0.2, 0) is 9.53 Å². The molecule has 1 amide bonds. The smallest absolute Gasteiger partial charge is 0.342 e. The maximum Gasteiger partial charge on any atom is 0.342 e. The number of amides is 1. The summed E-state index contributed by atoms with van der Waals surface area (Å²) in [5.74, 6) is -1.18. The van der Waals surface area contributed by atoms with Crippen molar-refractivity contribution in [3.05, 3.63) is 63.7 Å². The summed E-state index contributed by atoms with van der Waals surface area (Å²) < 4.78 is 5.09. The number of ketones is 1. The number of esters is 1. The van der Waals surface area contributed by atoms with E-state index in [2.05, 4.69) is 5.32 Å². The minimum Gasteiger partial charge on any atom is -0.454 e. The van der Waals surface area contributed by atoms with Gasteiger partial charge in [-0.3, -0.25) is 9.59 Å². The van der Waals surface area contributed by atoms with Crippen molar-refractivity contribution < 1.29 is 19.1 Å². The molecule has 0 saturated heterocycles. The highest BCUT2D eigenvalue weighted by Crippen LogP contribution is 2.36. The zero-order valence-electron chi connectivity index (χ0n) is 13.9. The lowest BCUT2D eigenvalue weighted by Crippen LogP contribution is -2.15. The third kappa shape index (κ3) is 4.07. The number of carbonyl (C=O) groups excluding carboxylic acids is 3. The Balaban J connectivity index is 1.96. The maximum atomic E-state index is 12.6. The normalized spacial score (nSPS) is 10.3. The van der Waals surface area contributed by atoms with E-state index in [1.54, 1.807) is 22.9 Å². The number of carbonyl (C=O) groups is 3. The van der Waals surface area contributed by atoms with Gasteiger partial charge < -0.3 is 10.1 Å². The SMILES string of the molecule is CC(=O)COC(=O)c1c(-c2ccccc2)csc1NC(=O)c1cccs1. The molecule has 0 fully saturated rings. The van der Waals surface area contributed by atoms with Gasteiger partial charge in [-0.1, -0.05) is 36.4 Å². The van der Waals surface area contributed by atoms with E-state index in [0.29, 0.717) is 15.4 Å². The number of rotatable bonds is 6. The topological polar surface area (TPSA) is 72.5 Å². The van der Waals surface area contributed by atoms with Crippen molar-refractivity contribution >= 4 is 45.3 Å². The number of hydrogen-bond acceptors (Lipinski definition) is 6. The van der Waals surface area contributed by atoms with Crippen LogP contribution in [0, 0.1) is 0 Å². The molecule has 2 aromatic heterocycles. The fraction of sp³-hybridized carbons (Fsp3) is 0.105. The number of hydrogen-bond donors (Lipinski definition) is 1. The molecule has 0 spiro atoms. The van der Waals surface area contributed by atoms with Crippen molar-refractivity contribution in [1.29, 1.82) is 0 Å². The monoisotopic (exact) mass is 385 g/mol. The van der Waals surface area contributed by atoms with Gasteiger partial charge in [0.25, 0.3) is 5.91 Å². The molecular formula is C19H15NO4S2. The van der Waals surface area contributed by atoms with Crippen LogP contribution in [-0.4, -0.2) is 24.3 Å². The van der Waals surface area contributed by atoms with Crippen LogP contribution in [0.3, 0.4) is 0 Å². The lowest BCUT2D eigenvalue weighted by molar-refractivity contribution is -0.120. The Kier molecular flexibility index (Phi) is 5.60. The second-order valence-corrected chi connectivity index (χ2v) is 7.26. The van der Waals surface area contributed by atoms with Crippen LogP contribution in [0.25, 0.3) is 11.1 Å². The van der Waals surface area contributed by atoms with E-state index in [9.17, 15) is 14.4 Å². The van der Waals surface area contributed by atoms with Crippen LogP contribution < -0.4 is 5.32 Å². The minimum atomic E-state index is -0.637. The van der Waals surface area contributed by atoms with E-state index in [4.69, 9.17) is 4.74 Å². The van der Waals surface area contributed by atoms with Gasteiger partial charge in [-0.15, -0.1) is 22.7 Å². The van der Waals surface area contributed by atoms with E-state index in [0.717, 1.165) is 5.56 Å². The highest BCUT2D eigenvalue weighted by Gasteiger charge is 2.23. The van der Waals surface area contributed by atoms with Crippen molar-refractivity contribution in [3.63, 3.8) is 0 Å². The van der Waals surface area contributed by atoms with E-state index in [-0.39, 0.29) is 23.9 Å². The second kappa shape index (κ2) is 8.07. The van der Waals surface area contributed by atoms with Gasteiger partial charge in [-0.05, 0) is 23.9 Å². The minimum absolute atomic E-state index is 0.251. The Labute approximate surface area is 158 Å². The molecule has 0 radical (unpaired) electrons. The Morgan fingerprint density at radius 1 is 1.04 bits per heavy atom. The molecule has 1 N–H and O–H groups in total. The van der Waals surface area contributed by atoms with Crippen LogP contribution in [0.15, 0.2) is 53.2 Å². The molecule has 1 aromatic carbocycles. The number of nitrogens with one attached hydrogen (secondary N) is 1. The molecular weight excluding hydrogens is 370 g/mol. The Morgan fingerprint density at radius 2 is 1.81 bits per heavy atom. The van der Waals surface area contributed by atoms with E-state index < -0.39 is 5.97 Å². The van der Waals surface area contributed by atoms with Gasteiger partial charge in [-0.2, -0.15) is 0 Å². The molecule has 132 valence electrons. The standard InChI is InChI=1S/C19H15NO4S2/c1-12(21)10-24-19(23)16-14(13-6-3-2-4-7-13)11-26-18(16)20-17(22)15-8-5-9-25-15/h2-9,11H,10H2,1H3,(H,20,22). The molecule has 5 nitrogen and oxygen atoms in total. The van der Waals surface area contributed by atoms with Gasteiger partial charge in [-0.25, -0.2) is 4.79 Å². The summed E-state index contributed by atoms with van der Waals surface area (Å²) in [7, 11) is 0. The van der Waals surface area contributed by atoms with Crippen LogP contribution >= 0.6 is 22.7 Å². The van der Waals surface area contributed by atoms with Crippen molar-refractivity contribution in [2.75, 3.05) is 11.9 Å². The van der Waals surface area contributed by atoms with E-state index in [1.165, 1.54) is 29.6 Å². The highest BCUT2D eigenvalue weighted by molar-refractivity contribution is 7.15. The summed E-state index contributed by atoms with van der Waals surface area (Å²) in [4.78, 5) is 36.6. The lowest BCUT2D eigenvalue weighted by atomic mass is 10.0. The largest absolute Gasteiger partial charge is 0.454 e. The highest BCUT2D eigenvalue weighted by atomic mass is 32.1. The van der Waals surface area contributed by atoms with Gasteiger partial charge in [0.15, 0.2) is 5.78 Å². The first-order valence-corrected chi connectivity index (χ1v) is 9.50. The van der Waals surface area contributed by atoms with Crippen molar-refractivity contribution in [2.45, 2.75) is 6.92 Å². The van der Waals surface area contributed by atoms with Crippen LogP contribution in [0.4, 0.5) is 5.00 Å². The number of Topliss-reactive ketones (excluding diaryl/α,β-unsaturated/α-hetero) is 1. The summed E-state index contributed by atoms with van der Waals surface area (Å²) in [6, 6.07) is 12.8. The predicted octanol–water partition coefficient (Wildman–Crippen LogP) is 4.47. The summed E-state index contributed by atoms with van der Waals surface area (Å²) in [6.45, 7) is 1.04. The van der Waals surface area contributed by atoms with Crippen LogP contribution in [0.1, 0.15) is 27.0 Å². The summed E-state index contributed by atoms with van der Waals surface area (Å²) in [5, 5.41) is 6.78. The summed E-state index contributed by atoms with van der Waals surface area (Å²) in [5.41, 5.74) is 1.74. The molecule has 0 aliphatic carbocycles. The number of ether oxygens (including phenoxy) is 1. The molecule has 0 aliphatic heterocycles. The zero-order valence-corrected chi connectivity index (χ0v) is 15.5. The first-order valence-electron chi connectivity index (χ1n) is 7.74. The Hall–Kier alpha value is -2.77. The average Bonchev–Trinajstić information content (AvgIpc) is 3.30. The molecule has 0 atom stereocenters. The molecule has 3 aromatic rings. The number of anilines is 1. The average molecular weight is 385 g/mol. The molecule has 0 unspecified atom stereocenters. The Bertz CT molecular complexity index is 930. The quantitative estimate of drug-likeness (QED) is 0.635. The third-order valence-electron chi connectivity index (χ3n) is 3.46. The summed E-state index contributed by atoms with van der Waals surface area (Å²) >= 11 is 2.56. The zero-order chi connectivity index (χ0) is 18.5. The molecule has 0 saturated carbocycles. The predicted molar refractivity (Wildman–Crippen MR) is 103 cm³/mol. The molecule has 0 bridgehead atoms. The molecule has 26 heavy (non-hydrogen) atoms. The second-order valence-electron chi connectivity index (χ2n) is 5.43. The van der Waals surface area contributed by atoms with E-state index >= 15 is 0 Å². The first-order chi connectivity index (χ1) is 12.6. The van der Waals surface area contributed by atoms with E-state index in [1.807, 2.05) is 30.3 Å². The fourth-order valence-electron chi connectivity index (χ4n) is 2.29. The van der Waals surface area contributed by atoms with Gasteiger partial charge >= 0.3 is 5.97 Å². The number of benzene rings is 1. The molecule has 0 aliphatic rings.